The van der Waals surface area contributed by atoms with Crippen molar-refractivity contribution in [1.82, 2.24) is 0 Å². The van der Waals surface area contributed by atoms with Crippen LogP contribution in [0.4, 0.5) is 0 Å². The molecule has 0 aromatic heterocycles. The smallest absolute Gasteiger partial charge is 0.00382 e. The molecule has 1 spiro atoms. The zero-order valence-corrected chi connectivity index (χ0v) is 15.5. The lowest BCUT2D eigenvalue weighted by atomic mass is 9.66. The fourth-order valence-corrected chi connectivity index (χ4v) is 4.23. The highest BCUT2D eigenvalue weighted by Gasteiger charge is 2.42. The topological polar surface area (TPSA) is 0 Å². The van der Waals surface area contributed by atoms with Crippen LogP contribution in [0.2, 0.25) is 0 Å². The molecule has 0 bridgehead atoms. The van der Waals surface area contributed by atoms with E-state index in [4.69, 9.17) is 0 Å². The van der Waals surface area contributed by atoms with E-state index in [0.29, 0.717) is 5.41 Å². The Labute approximate surface area is 133 Å². The van der Waals surface area contributed by atoms with Gasteiger partial charge in [0.15, 0.2) is 0 Å². The second-order valence-corrected chi connectivity index (χ2v) is 6.52. The maximum Gasteiger partial charge on any atom is -0.00382 e. The average Bonchev–Trinajstić information content (AvgIpc) is 2.91. The summed E-state index contributed by atoms with van der Waals surface area (Å²) in [6, 6.07) is 4.66. The van der Waals surface area contributed by atoms with Gasteiger partial charge < -0.3 is 0 Å². The van der Waals surface area contributed by atoms with Crippen LogP contribution in [0.1, 0.15) is 89.0 Å². The first kappa shape index (κ1) is 18.3. The first-order valence-corrected chi connectivity index (χ1v) is 9.22. The highest BCUT2D eigenvalue weighted by Crippen LogP contribution is 2.51. The summed E-state index contributed by atoms with van der Waals surface area (Å²) in [7, 11) is 0. The van der Waals surface area contributed by atoms with Gasteiger partial charge in [0.05, 0.1) is 0 Å². The van der Waals surface area contributed by atoms with Gasteiger partial charge in [0.25, 0.3) is 0 Å². The fraction of sp³-hybridized carbons (Fsp3) is 0.714. The third-order valence-corrected chi connectivity index (χ3v) is 5.37. The van der Waals surface area contributed by atoms with Crippen molar-refractivity contribution in [3.8, 4) is 0 Å². The Kier molecular flexibility index (Phi) is 6.97. The summed E-state index contributed by atoms with van der Waals surface area (Å²) in [6.45, 7) is 15.0. The van der Waals surface area contributed by atoms with Crippen molar-refractivity contribution >= 4 is 0 Å². The van der Waals surface area contributed by atoms with Gasteiger partial charge >= 0.3 is 0 Å². The van der Waals surface area contributed by atoms with Crippen LogP contribution in [-0.2, 0) is 11.8 Å². The predicted octanol–water partition coefficient (Wildman–Crippen LogP) is 6.75. The van der Waals surface area contributed by atoms with E-state index in [-0.39, 0.29) is 0 Å². The van der Waals surface area contributed by atoms with E-state index >= 15 is 0 Å². The van der Waals surface area contributed by atoms with E-state index in [0.717, 1.165) is 5.92 Å². The SMILES string of the molecule is CC.CC.Cc1ccc(C)c2c1CCC21CCC(C)CC1. The maximum atomic E-state index is 2.42. The Balaban J connectivity index is 0.000000510. The minimum absolute atomic E-state index is 0.567. The number of hydrogen-bond acceptors (Lipinski definition) is 0. The zero-order valence-electron chi connectivity index (χ0n) is 15.5. The van der Waals surface area contributed by atoms with Crippen molar-refractivity contribution in [3.63, 3.8) is 0 Å². The second-order valence-electron chi connectivity index (χ2n) is 6.52. The van der Waals surface area contributed by atoms with Gasteiger partial charge in [0, 0.05) is 0 Å². The summed E-state index contributed by atoms with van der Waals surface area (Å²) in [5.74, 6) is 0.954. The third-order valence-electron chi connectivity index (χ3n) is 5.37. The molecule has 120 valence electrons. The number of aryl methyl sites for hydroxylation is 2. The number of benzene rings is 1. The lowest BCUT2D eigenvalue weighted by Gasteiger charge is -2.38. The molecule has 0 aliphatic heterocycles. The molecular formula is C21H36. The van der Waals surface area contributed by atoms with Crippen LogP contribution in [0, 0.1) is 19.8 Å². The molecule has 0 heterocycles. The van der Waals surface area contributed by atoms with E-state index in [2.05, 4.69) is 32.9 Å². The van der Waals surface area contributed by atoms with E-state index in [1.165, 1.54) is 44.1 Å². The predicted molar refractivity (Wildman–Crippen MR) is 96.2 cm³/mol. The molecule has 1 aromatic rings. The summed E-state index contributed by atoms with van der Waals surface area (Å²) in [5.41, 5.74) is 7.10. The molecule has 0 saturated heterocycles. The van der Waals surface area contributed by atoms with Crippen LogP contribution >= 0.6 is 0 Å². The third kappa shape index (κ3) is 3.52. The number of hydrogen-bond donors (Lipinski definition) is 0. The monoisotopic (exact) mass is 288 g/mol. The molecule has 0 amide bonds. The molecular weight excluding hydrogens is 252 g/mol. The molecule has 0 atom stereocenters. The van der Waals surface area contributed by atoms with Crippen LogP contribution in [0.3, 0.4) is 0 Å². The van der Waals surface area contributed by atoms with Crippen molar-refractivity contribution in [2.75, 3.05) is 0 Å². The fourth-order valence-electron chi connectivity index (χ4n) is 4.23. The minimum atomic E-state index is 0.567. The van der Waals surface area contributed by atoms with Crippen LogP contribution < -0.4 is 0 Å². The summed E-state index contributed by atoms with van der Waals surface area (Å²) in [6.07, 6.45) is 8.49. The summed E-state index contributed by atoms with van der Waals surface area (Å²) >= 11 is 0. The number of fused-ring (bicyclic) bond motifs is 2. The Bertz CT molecular complexity index is 434. The maximum absolute atomic E-state index is 2.42. The quantitative estimate of drug-likeness (QED) is 0.495. The highest BCUT2D eigenvalue weighted by molar-refractivity contribution is 5.49. The molecule has 2 aliphatic rings. The van der Waals surface area contributed by atoms with E-state index in [1.807, 2.05) is 27.7 Å². The van der Waals surface area contributed by atoms with Gasteiger partial charge in [0.1, 0.15) is 0 Å². The molecule has 2 aliphatic carbocycles. The Hall–Kier alpha value is -0.780. The van der Waals surface area contributed by atoms with Crippen LogP contribution in [0.5, 0.6) is 0 Å². The lowest BCUT2D eigenvalue weighted by molar-refractivity contribution is 0.240. The van der Waals surface area contributed by atoms with Gasteiger partial charge in [0.2, 0.25) is 0 Å². The molecule has 21 heavy (non-hydrogen) atoms. The van der Waals surface area contributed by atoms with E-state index in [9.17, 15) is 0 Å². The standard InChI is InChI=1S/C17H24.2C2H6/c1-12-6-9-17(10-7-12)11-8-15-13(2)4-5-14(3)16(15)17;2*1-2/h4-5,12H,6-11H2,1-3H3;2*1-2H3. The first-order valence-electron chi connectivity index (χ1n) is 9.22. The largest absolute Gasteiger partial charge is 0.0683 e. The van der Waals surface area contributed by atoms with Crippen molar-refractivity contribution < 1.29 is 0 Å². The summed E-state index contributed by atoms with van der Waals surface area (Å²) in [4.78, 5) is 0. The van der Waals surface area contributed by atoms with E-state index in [1.54, 1.807) is 16.7 Å². The van der Waals surface area contributed by atoms with Crippen LogP contribution in [-0.4, -0.2) is 0 Å². The van der Waals surface area contributed by atoms with Gasteiger partial charge in [-0.2, -0.15) is 0 Å². The van der Waals surface area contributed by atoms with Crippen molar-refractivity contribution in [2.45, 2.75) is 92.4 Å². The first-order chi connectivity index (χ1) is 10.1. The van der Waals surface area contributed by atoms with Crippen LogP contribution in [0.15, 0.2) is 12.1 Å². The molecule has 1 aromatic carbocycles. The zero-order chi connectivity index (χ0) is 16.0. The molecule has 0 nitrogen and oxygen atoms in total. The molecule has 3 rings (SSSR count). The highest BCUT2D eigenvalue weighted by atomic mass is 14.5. The van der Waals surface area contributed by atoms with Gasteiger partial charge in [-0.3, -0.25) is 0 Å². The van der Waals surface area contributed by atoms with Crippen LogP contribution in [0.25, 0.3) is 0 Å². The van der Waals surface area contributed by atoms with Gasteiger partial charge in [-0.25, -0.2) is 0 Å². The van der Waals surface area contributed by atoms with Gasteiger partial charge in [-0.15, -0.1) is 0 Å². The van der Waals surface area contributed by atoms with E-state index < -0.39 is 0 Å². The minimum Gasteiger partial charge on any atom is -0.0683 e. The number of rotatable bonds is 0. The Morgan fingerprint density at radius 2 is 1.38 bits per heavy atom. The molecule has 0 N–H and O–H groups in total. The molecule has 1 saturated carbocycles. The summed E-state index contributed by atoms with van der Waals surface area (Å²) in [5, 5.41) is 0. The second kappa shape index (κ2) is 8.01. The Morgan fingerprint density at radius 3 is 1.95 bits per heavy atom. The molecule has 0 heteroatoms. The van der Waals surface area contributed by atoms with Crippen molar-refractivity contribution in [1.29, 1.82) is 0 Å². The van der Waals surface area contributed by atoms with Gasteiger partial charge in [-0.05, 0) is 86.0 Å². The van der Waals surface area contributed by atoms with Crippen molar-refractivity contribution in [3.05, 3.63) is 34.4 Å². The van der Waals surface area contributed by atoms with Gasteiger partial charge in [-0.1, -0.05) is 46.8 Å². The normalized spacial score (nSPS) is 26.3. The molecule has 1 fully saturated rings. The Morgan fingerprint density at radius 1 is 0.857 bits per heavy atom. The summed E-state index contributed by atoms with van der Waals surface area (Å²) < 4.78 is 0. The molecule has 0 radical (unpaired) electrons. The average molecular weight is 289 g/mol. The van der Waals surface area contributed by atoms with Crippen molar-refractivity contribution in [2.24, 2.45) is 5.92 Å². The molecule has 0 unspecified atom stereocenters. The lowest BCUT2D eigenvalue weighted by Crippen LogP contribution is -2.29.